The largest absolute Gasteiger partial charge is 1.00 e. The van der Waals surface area contributed by atoms with Crippen LogP contribution >= 0.6 is 0 Å². The number of halogens is 2. The van der Waals surface area contributed by atoms with E-state index in [1.54, 1.807) is 0 Å². The Morgan fingerprint density at radius 3 is 0.846 bits per heavy atom. The molecule has 0 amide bonds. The van der Waals surface area contributed by atoms with Crippen LogP contribution in [0, 0.1) is 0 Å². The van der Waals surface area contributed by atoms with Crippen molar-refractivity contribution in [2.75, 3.05) is 0 Å². The summed E-state index contributed by atoms with van der Waals surface area (Å²) in [7, 11) is 0. The summed E-state index contributed by atoms with van der Waals surface area (Å²) >= 11 is 0. The van der Waals surface area contributed by atoms with E-state index in [-0.39, 0.29) is 45.9 Å². The number of hydrogen-bond acceptors (Lipinski definition) is 0. The standard InChI is InChI=1S/2C5H5.2ClH.W/c2*1-2-4-5-3-1;;;/h2*1-5H;2*1H;/q2*-1;;;/p-2. The van der Waals surface area contributed by atoms with Crippen LogP contribution in [0.5, 0.6) is 0 Å². The summed E-state index contributed by atoms with van der Waals surface area (Å²) in [5, 5.41) is 0. The Balaban J connectivity index is -0.000000125. The molecule has 74 valence electrons. The first-order chi connectivity index (χ1) is 5.00. The summed E-state index contributed by atoms with van der Waals surface area (Å²) in [6, 6.07) is 20.0. The summed E-state index contributed by atoms with van der Waals surface area (Å²) in [5.74, 6) is 0. The molecule has 2 aromatic rings. The summed E-state index contributed by atoms with van der Waals surface area (Å²) in [5.41, 5.74) is 0. The van der Waals surface area contributed by atoms with E-state index >= 15 is 0 Å². The van der Waals surface area contributed by atoms with Crippen molar-refractivity contribution in [1.82, 2.24) is 0 Å². The van der Waals surface area contributed by atoms with Crippen molar-refractivity contribution >= 4 is 0 Å². The molecule has 13 heavy (non-hydrogen) atoms. The first kappa shape index (κ1) is 18.7. The Morgan fingerprint density at radius 2 is 0.769 bits per heavy atom. The van der Waals surface area contributed by atoms with Gasteiger partial charge in [-0.05, 0) is 0 Å². The molecule has 0 aliphatic heterocycles. The molecule has 0 aliphatic carbocycles. The van der Waals surface area contributed by atoms with Crippen LogP contribution in [0.2, 0.25) is 0 Å². The van der Waals surface area contributed by atoms with Crippen molar-refractivity contribution in [2.24, 2.45) is 0 Å². The SMILES string of the molecule is [Cl-].[Cl-].[W].c1cc[cH-]c1.c1cc[cH-]c1. The van der Waals surface area contributed by atoms with Gasteiger partial charge < -0.3 is 24.8 Å². The summed E-state index contributed by atoms with van der Waals surface area (Å²) in [6.07, 6.45) is 0. The average molecular weight is 385 g/mol. The second kappa shape index (κ2) is 14.5. The van der Waals surface area contributed by atoms with E-state index in [0.717, 1.165) is 0 Å². The van der Waals surface area contributed by atoms with Gasteiger partial charge in [0.25, 0.3) is 0 Å². The van der Waals surface area contributed by atoms with Crippen LogP contribution in [0.1, 0.15) is 0 Å². The third-order valence-corrected chi connectivity index (χ3v) is 1.11. The molecule has 0 bridgehead atoms. The molecule has 0 radical (unpaired) electrons. The van der Waals surface area contributed by atoms with Gasteiger partial charge in [-0.3, -0.25) is 0 Å². The van der Waals surface area contributed by atoms with Gasteiger partial charge in [0.05, 0.1) is 0 Å². The Kier molecular flexibility index (Phi) is 20.8. The van der Waals surface area contributed by atoms with Crippen LogP contribution in [0.4, 0.5) is 0 Å². The summed E-state index contributed by atoms with van der Waals surface area (Å²) in [6.45, 7) is 0. The van der Waals surface area contributed by atoms with E-state index in [4.69, 9.17) is 0 Å². The molecule has 0 saturated carbocycles. The van der Waals surface area contributed by atoms with Gasteiger partial charge in [0.15, 0.2) is 0 Å². The predicted octanol–water partition coefficient (Wildman–Crippen LogP) is -3.18. The van der Waals surface area contributed by atoms with Crippen LogP contribution in [0.25, 0.3) is 0 Å². The smallest absolute Gasteiger partial charge is 0 e. The van der Waals surface area contributed by atoms with Crippen molar-refractivity contribution in [3.8, 4) is 0 Å². The van der Waals surface area contributed by atoms with Gasteiger partial charge in [-0.1, -0.05) is 0 Å². The fourth-order valence-electron chi connectivity index (χ4n) is 0.642. The molecule has 2 rings (SSSR count). The zero-order chi connectivity index (χ0) is 7.07. The van der Waals surface area contributed by atoms with Crippen molar-refractivity contribution in [2.45, 2.75) is 0 Å². The second-order valence-corrected chi connectivity index (χ2v) is 1.92. The maximum atomic E-state index is 2.00. The van der Waals surface area contributed by atoms with Crippen molar-refractivity contribution in [3.05, 3.63) is 60.7 Å². The third-order valence-electron chi connectivity index (χ3n) is 1.11. The normalized spacial score (nSPS) is 6.15. The number of rotatable bonds is 0. The minimum Gasteiger partial charge on any atom is -1.00 e. The molecule has 0 nitrogen and oxygen atoms in total. The topological polar surface area (TPSA) is 0 Å². The molecule has 0 aromatic heterocycles. The van der Waals surface area contributed by atoms with E-state index in [1.807, 2.05) is 60.7 Å². The van der Waals surface area contributed by atoms with Gasteiger partial charge in [-0.2, -0.15) is 36.4 Å². The summed E-state index contributed by atoms with van der Waals surface area (Å²) < 4.78 is 0. The van der Waals surface area contributed by atoms with Crippen LogP contribution < -0.4 is 24.8 Å². The predicted molar refractivity (Wildman–Crippen MR) is 44.1 cm³/mol. The van der Waals surface area contributed by atoms with Crippen molar-refractivity contribution in [1.29, 1.82) is 0 Å². The fraction of sp³-hybridized carbons (Fsp3) is 0. The van der Waals surface area contributed by atoms with Crippen LogP contribution in [0.3, 0.4) is 0 Å². The molecular weight excluding hydrogens is 375 g/mol. The maximum absolute atomic E-state index is 2.00. The van der Waals surface area contributed by atoms with E-state index in [0.29, 0.717) is 0 Å². The zero-order valence-corrected chi connectivity index (χ0v) is 11.4. The maximum Gasteiger partial charge on any atom is 0 e. The van der Waals surface area contributed by atoms with Gasteiger partial charge in [0.1, 0.15) is 0 Å². The monoisotopic (exact) mass is 384 g/mol. The molecule has 0 spiro atoms. The molecule has 0 unspecified atom stereocenters. The third kappa shape index (κ3) is 12.0. The van der Waals surface area contributed by atoms with E-state index in [2.05, 4.69) is 0 Å². The molecule has 3 heteroatoms. The van der Waals surface area contributed by atoms with Crippen LogP contribution in [-0.4, -0.2) is 0 Å². The molecule has 0 atom stereocenters. The quantitative estimate of drug-likeness (QED) is 0.420. The summed E-state index contributed by atoms with van der Waals surface area (Å²) in [4.78, 5) is 0. The Labute approximate surface area is 106 Å². The Hall–Kier alpha value is -0.0317. The van der Waals surface area contributed by atoms with Gasteiger partial charge in [0, 0.05) is 21.1 Å². The molecule has 0 saturated heterocycles. The zero-order valence-electron chi connectivity index (χ0n) is 6.94. The van der Waals surface area contributed by atoms with Gasteiger partial charge in [0.2, 0.25) is 0 Å². The first-order valence-electron chi connectivity index (χ1n) is 3.33. The minimum absolute atomic E-state index is 0. The second-order valence-electron chi connectivity index (χ2n) is 1.92. The average Bonchev–Trinajstić information content (AvgIpc) is 2.67. The molecule has 0 N–H and O–H groups in total. The molecular formula is C10H10Cl2W-4. The van der Waals surface area contributed by atoms with Crippen molar-refractivity contribution in [3.63, 3.8) is 0 Å². The van der Waals surface area contributed by atoms with Gasteiger partial charge >= 0.3 is 0 Å². The van der Waals surface area contributed by atoms with E-state index < -0.39 is 0 Å². The molecule has 0 heterocycles. The Bertz CT molecular complexity index is 152. The molecule has 0 aliphatic rings. The van der Waals surface area contributed by atoms with Crippen LogP contribution in [0.15, 0.2) is 60.7 Å². The first-order valence-corrected chi connectivity index (χ1v) is 3.33. The minimum atomic E-state index is 0. The number of hydrogen-bond donors (Lipinski definition) is 0. The van der Waals surface area contributed by atoms with Crippen LogP contribution in [-0.2, 0) is 21.1 Å². The van der Waals surface area contributed by atoms with E-state index in [1.165, 1.54) is 0 Å². The van der Waals surface area contributed by atoms with Crippen molar-refractivity contribution < 1.29 is 45.9 Å². The fourth-order valence-corrected chi connectivity index (χ4v) is 0.642. The van der Waals surface area contributed by atoms with Gasteiger partial charge in [-0.25, -0.2) is 24.3 Å². The van der Waals surface area contributed by atoms with Gasteiger partial charge in [-0.15, -0.1) is 0 Å². The Morgan fingerprint density at radius 1 is 0.538 bits per heavy atom. The van der Waals surface area contributed by atoms with E-state index in [9.17, 15) is 0 Å². The molecule has 2 aromatic carbocycles. The molecule has 0 fully saturated rings.